The quantitative estimate of drug-likeness (QED) is 0.277. The highest BCUT2D eigenvalue weighted by Crippen LogP contribution is 2.27. The lowest BCUT2D eigenvalue weighted by atomic mass is 9.87. The van der Waals surface area contributed by atoms with Crippen molar-refractivity contribution < 1.29 is 36.5 Å². The van der Waals surface area contributed by atoms with Crippen LogP contribution in [0.3, 0.4) is 0 Å². The van der Waals surface area contributed by atoms with E-state index in [9.17, 15) is 19.5 Å². The maximum absolute atomic E-state index is 12.9. The lowest BCUT2D eigenvalue weighted by Crippen LogP contribution is -3.00. The van der Waals surface area contributed by atoms with Crippen molar-refractivity contribution in [2.75, 3.05) is 23.7 Å². The van der Waals surface area contributed by atoms with Gasteiger partial charge in [0.15, 0.2) is 0 Å². The number of piperidine rings is 1. The summed E-state index contributed by atoms with van der Waals surface area (Å²) >= 11 is 0. The molecule has 0 saturated carbocycles. The van der Waals surface area contributed by atoms with Crippen LogP contribution in [-0.4, -0.2) is 46.5 Å². The average Bonchev–Trinajstić information content (AvgIpc) is 2.79. The smallest absolute Gasteiger partial charge is 0.341 e. The van der Waals surface area contributed by atoms with Gasteiger partial charge in [-0.1, -0.05) is 32.9 Å². The number of carbonyl (C=O) groups is 3. The number of aromatic carboxylic acids is 1. The Morgan fingerprint density at radius 1 is 0.971 bits per heavy atom. The minimum atomic E-state index is -1.14. The highest BCUT2D eigenvalue weighted by atomic mass is 35.5. The number of nitrogens with zero attached hydrogens (tertiary/aromatic N) is 1. The molecule has 1 heterocycles. The van der Waals surface area contributed by atoms with Gasteiger partial charge in [0.1, 0.15) is 0 Å². The molecule has 188 valence electrons. The van der Waals surface area contributed by atoms with Crippen LogP contribution in [0.2, 0.25) is 0 Å². The van der Waals surface area contributed by atoms with E-state index in [2.05, 4.69) is 31.4 Å². The van der Waals surface area contributed by atoms with Gasteiger partial charge in [0.05, 0.1) is 35.9 Å². The number of benzene rings is 2. The molecule has 35 heavy (non-hydrogen) atoms. The molecule has 3 rings (SSSR count). The summed E-state index contributed by atoms with van der Waals surface area (Å²) in [5, 5.41) is 15.0. The molecular weight excluding hydrogens is 470 g/mol. The molecule has 1 unspecified atom stereocenters. The highest BCUT2D eigenvalue weighted by Gasteiger charge is 2.27. The SMILES string of the molecule is CC(C)(C)c1ccc(C(=O)Nc2cc(C(=O)O)ccc2NC(=O)C2CCC[N+](=C(N)N)C2)cc1.[Cl-]. The fraction of sp³-hybridized carbons (Fsp3) is 0.360. The lowest BCUT2D eigenvalue weighted by molar-refractivity contribution is -0.544. The van der Waals surface area contributed by atoms with Gasteiger partial charge < -0.3 is 28.1 Å². The summed E-state index contributed by atoms with van der Waals surface area (Å²) in [6.45, 7) is 7.33. The number of nitrogens with two attached hydrogens (primary N) is 2. The van der Waals surface area contributed by atoms with Crippen LogP contribution in [0.4, 0.5) is 11.4 Å². The number of nitrogens with one attached hydrogen (secondary N) is 2. The summed E-state index contributed by atoms with van der Waals surface area (Å²) < 4.78 is 1.76. The summed E-state index contributed by atoms with van der Waals surface area (Å²) in [6.07, 6.45) is 1.44. The Kier molecular flexibility index (Phi) is 8.87. The third kappa shape index (κ3) is 6.95. The zero-order chi connectivity index (χ0) is 25.0. The van der Waals surface area contributed by atoms with Gasteiger partial charge in [0, 0.05) is 5.56 Å². The summed E-state index contributed by atoms with van der Waals surface area (Å²) in [7, 11) is 0. The third-order valence-electron chi connectivity index (χ3n) is 5.94. The zero-order valence-corrected chi connectivity index (χ0v) is 20.9. The molecule has 2 amide bonds. The van der Waals surface area contributed by atoms with E-state index in [0.717, 1.165) is 12.0 Å². The second-order valence-electron chi connectivity index (χ2n) is 9.55. The van der Waals surface area contributed by atoms with Gasteiger partial charge in [0.2, 0.25) is 5.91 Å². The number of hydrogen-bond acceptors (Lipinski definition) is 3. The molecule has 2 aromatic carbocycles. The molecule has 0 aromatic heterocycles. The van der Waals surface area contributed by atoms with Crippen molar-refractivity contribution in [2.45, 2.75) is 39.0 Å². The fourth-order valence-electron chi connectivity index (χ4n) is 3.87. The number of carbonyl (C=O) groups excluding carboxylic acids is 2. The second kappa shape index (κ2) is 11.2. The van der Waals surface area contributed by atoms with E-state index in [4.69, 9.17) is 11.5 Å². The van der Waals surface area contributed by atoms with Crippen molar-refractivity contribution in [1.82, 2.24) is 0 Å². The molecule has 1 aliphatic heterocycles. The number of hydrogen-bond donors (Lipinski definition) is 5. The van der Waals surface area contributed by atoms with E-state index in [1.54, 1.807) is 16.7 Å². The Bertz CT molecular complexity index is 1140. The normalized spacial score (nSPS) is 15.5. The van der Waals surface area contributed by atoms with E-state index in [-0.39, 0.29) is 46.9 Å². The van der Waals surface area contributed by atoms with Crippen molar-refractivity contribution in [3.8, 4) is 0 Å². The van der Waals surface area contributed by atoms with Crippen molar-refractivity contribution in [1.29, 1.82) is 0 Å². The Morgan fingerprint density at radius 3 is 2.17 bits per heavy atom. The van der Waals surface area contributed by atoms with E-state index >= 15 is 0 Å². The Balaban J connectivity index is 0.00000432. The standard InChI is InChI=1S/C25H31N5O4.ClH/c1-25(2,3)18-9-6-15(7-10-18)21(31)29-20-13-16(23(33)34)8-11-19(20)28-22(32)17-5-4-12-30(14-17)24(26)27;/h6-11,13,17H,4-5,12,14H2,1-3H3,(H6,26,27,28,29,31,32,33,34);1H. The molecule has 0 bridgehead atoms. The fourth-order valence-corrected chi connectivity index (χ4v) is 3.87. The molecule has 7 N–H and O–H groups in total. The first-order chi connectivity index (χ1) is 16.0. The molecule has 1 saturated heterocycles. The van der Waals surface area contributed by atoms with Gasteiger partial charge in [-0.15, -0.1) is 0 Å². The number of halogens is 1. The van der Waals surface area contributed by atoms with E-state index in [1.807, 2.05) is 12.1 Å². The van der Waals surface area contributed by atoms with Crippen LogP contribution < -0.4 is 34.5 Å². The van der Waals surface area contributed by atoms with Gasteiger partial charge in [-0.3, -0.25) is 25.6 Å². The number of rotatable bonds is 5. The third-order valence-corrected chi connectivity index (χ3v) is 5.94. The molecular formula is C25H32ClN5O4. The number of anilines is 2. The van der Waals surface area contributed by atoms with Crippen LogP contribution in [0.25, 0.3) is 0 Å². The Labute approximate surface area is 211 Å². The minimum absolute atomic E-state index is 0. The number of carboxylic acids is 1. The highest BCUT2D eigenvalue weighted by molar-refractivity contribution is 6.08. The number of guanidine groups is 1. The molecule has 0 radical (unpaired) electrons. The van der Waals surface area contributed by atoms with Crippen LogP contribution in [-0.2, 0) is 10.2 Å². The average molecular weight is 502 g/mol. The van der Waals surface area contributed by atoms with Gasteiger partial charge in [-0.05, 0) is 54.2 Å². The van der Waals surface area contributed by atoms with Crippen molar-refractivity contribution in [2.24, 2.45) is 17.4 Å². The van der Waals surface area contributed by atoms with E-state index < -0.39 is 11.9 Å². The Morgan fingerprint density at radius 2 is 1.60 bits per heavy atom. The predicted molar refractivity (Wildman–Crippen MR) is 131 cm³/mol. The molecule has 1 fully saturated rings. The maximum Gasteiger partial charge on any atom is 0.341 e. The summed E-state index contributed by atoms with van der Waals surface area (Å²) in [6, 6.07) is 11.4. The maximum atomic E-state index is 12.9. The topological polar surface area (TPSA) is 151 Å². The number of carboxylic acid groups (broad SMARTS) is 1. The molecule has 2 aromatic rings. The Hall–Kier alpha value is -3.59. The van der Waals surface area contributed by atoms with Crippen LogP contribution in [0.1, 0.15) is 59.9 Å². The van der Waals surface area contributed by atoms with Crippen molar-refractivity contribution >= 4 is 35.1 Å². The van der Waals surface area contributed by atoms with E-state index in [1.165, 1.54) is 18.2 Å². The van der Waals surface area contributed by atoms with Gasteiger partial charge >= 0.3 is 11.9 Å². The first-order valence-electron chi connectivity index (χ1n) is 11.2. The zero-order valence-electron chi connectivity index (χ0n) is 20.1. The molecule has 9 nitrogen and oxygen atoms in total. The van der Waals surface area contributed by atoms with Crippen LogP contribution in [0.5, 0.6) is 0 Å². The number of amides is 2. The molecule has 10 heteroatoms. The van der Waals surface area contributed by atoms with Crippen LogP contribution in [0.15, 0.2) is 42.5 Å². The lowest BCUT2D eigenvalue weighted by Gasteiger charge is -2.24. The predicted octanol–water partition coefficient (Wildman–Crippen LogP) is -0.427. The molecule has 0 aliphatic carbocycles. The summed E-state index contributed by atoms with van der Waals surface area (Å²) in [4.78, 5) is 37.3. The summed E-state index contributed by atoms with van der Waals surface area (Å²) in [5.41, 5.74) is 13.3. The van der Waals surface area contributed by atoms with E-state index in [0.29, 0.717) is 30.8 Å². The first kappa shape index (κ1) is 27.7. The largest absolute Gasteiger partial charge is 1.00 e. The van der Waals surface area contributed by atoms with Crippen molar-refractivity contribution in [3.63, 3.8) is 0 Å². The van der Waals surface area contributed by atoms with Crippen molar-refractivity contribution in [3.05, 3.63) is 59.2 Å². The van der Waals surface area contributed by atoms with Crippen LogP contribution >= 0.6 is 0 Å². The van der Waals surface area contributed by atoms with Gasteiger partial charge in [0.25, 0.3) is 5.91 Å². The van der Waals surface area contributed by atoms with Gasteiger partial charge in [-0.25, -0.2) is 4.79 Å². The molecule has 1 atom stereocenters. The van der Waals surface area contributed by atoms with Crippen LogP contribution in [0, 0.1) is 5.92 Å². The minimum Gasteiger partial charge on any atom is -1.00 e. The first-order valence-corrected chi connectivity index (χ1v) is 11.2. The van der Waals surface area contributed by atoms with Gasteiger partial charge in [-0.2, -0.15) is 0 Å². The molecule has 1 aliphatic rings. The second-order valence-corrected chi connectivity index (χ2v) is 9.55. The summed E-state index contributed by atoms with van der Waals surface area (Å²) in [5.74, 6) is -1.97. The monoisotopic (exact) mass is 501 g/mol. The molecule has 0 spiro atoms.